The van der Waals surface area contributed by atoms with Crippen LogP contribution in [0.15, 0.2) is 42.6 Å². The molecule has 2 fully saturated rings. The molecule has 0 spiro atoms. The van der Waals surface area contributed by atoms with Crippen LogP contribution in [0.3, 0.4) is 0 Å². The molecule has 2 aromatic rings. The second-order valence-electron chi connectivity index (χ2n) is 8.88. The summed E-state index contributed by atoms with van der Waals surface area (Å²) in [6, 6.07) is 12.7. The fourth-order valence-corrected chi connectivity index (χ4v) is 4.92. The van der Waals surface area contributed by atoms with Crippen LogP contribution in [0.2, 0.25) is 0 Å². The van der Waals surface area contributed by atoms with Crippen molar-refractivity contribution in [3.8, 4) is 5.75 Å². The van der Waals surface area contributed by atoms with Gasteiger partial charge in [-0.2, -0.15) is 0 Å². The van der Waals surface area contributed by atoms with E-state index in [1.54, 1.807) is 0 Å². The molecule has 1 aliphatic heterocycles. The first kappa shape index (κ1) is 20.9. The average Bonchev–Trinajstić information content (AvgIpc) is 3.29. The molecule has 0 bridgehead atoms. The lowest BCUT2D eigenvalue weighted by atomic mass is 9.93. The number of aromatic nitrogens is 1. The number of likely N-dealkylation sites (tertiary alicyclic amines) is 1. The second-order valence-corrected chi connectivity index (χ2v) is 8.88. The van der Waals surface area contributed by atoms with Gasteiger partial charge in [0.15, 0.2) is 0 Å². The minimum atomic E-state index is 0.360. The molecule has 4 heteroatoms. The van der Waals surface area contributed by atoms with Gasteiger partial charge in [-0.1, -0.05) is 31.0 Å². The maximum absolute atomic E-state index is 12.7. The number of hydrogen-bond donors (Lipinski definition) is 0. The Balaban J connectivity index is 1.33. The van der Waals surface area contributed by atoms with Gasteiger partial charge in [-0.05, 0) is 74.3 Å². The maximum Gasteiger partial charge on any atom is 0.222 e. The van der Waals surface area contributed by atoms with Gasteiger partial charge in [0.25, 0.3) is 0 Å². The number of carbonyl (C=O) groups excluding carboxylic acids is 1. The topological polar surface area (TPSA) is 42.4 Å². The zero-order valence-electron chi connectivity index (χ0n) is 18.2. The van der Waals surface area contributed by atoms with Crippen LogP contribution >= 0.6 is 0 Å². The van der Waals surface area contributed by atoms with Gasteiger partial charge in [0.2, 0.25) is 5.91 Å². The third-order valence-electron chi connectivity index (χ3n) is 6.62. The number of carbonyl (C=O) groups is 1. The standard InChI is InChI=1S/C26H34N2O2/c1-2-30-24-12-9-21(10-13-24)16-22-11-14-25(27-18-22)23-8-5-15-28(19-23)26(29)17-20-6-3-4-7-20/h9-14,18,20,23H,2-8,15-17,19H2,1H3. The van der Waals surface area contributed by atoms with Crippen molar-refractivity contribution in [2.45, 2.75) is 64.2 Å². The van der Waals surface area contributed by atoms with Crippen LogP contribution in [0.1, 0.15) is 74.6 Å². The molecule has 1 unspecified atom stereocenters. The van der Waals surface area contributed by atoms with Crippen LogP contribution in [0.4, 0.5) is 0 Å². The lowest BCUT2D eigenvalue weighted by Gasteiger charge is -2.33. The van der Waals surface area contributed by atoms with E-state index < -0.39 is 0 Å². The van der Waals surface area contributed by atoms with E-state index in [0.717, 1.165) is 50.2 Å². The zero-order chi connectivity index (χ0) is 20.8. The summed E-state index contributed by atoms with van der Waals surface area (Å²) >= 11 is 0. The first-order chi connectivity index (χ1) is 14.7. The summed E-state index contributed by atoms with van der Waals surface area (Å²) in [6.45, 7) is 4.43. The highest BCUT2D eigenvalue weighted by Crippen LogP contribution is 2.30. The number of pyridine rings is 1. The molecule has 1 saturated carbocycles. The summed E-state index contributed by atoms with van der Waals surface area (Å²) in [5, 5.41) is 0. The van der Waals surface area contributed by atoms with Crippen molar-refractivity contribution in [1.82, 2.24) is 9.88 Å². The van der Waals surface area contributed by atoms with Crippen molar-refractivity contribution >= 4 is 5.91 Å². The summed E-state index contributed by atoms with van der Waals surface area (Å²) < 4.78 is 5.52. The highest BCUT2D eigenvalue weighted by Gasteiger charge is 2.27. The van der Waals surface area contributed by atoms with Gasteiger partial charge >= 0.3 is 0 Å². The third-order valence-corrected chi connectivity index (χ3v) is 6.62. The van der Waals surface area contributed by atoms with Gasteiger partial charge in [-0.3, -0.25) is 9.78 Å². The minimum Gasteiger partial charge on any atom is -0.494 e. The molecule has 1 aliphatic carbocycles. The van der Waals surface area contributed by atoms with Crippen molar-refractivity contribution in [2.75, 3.05) is 19.7 Å². The monoisotopic (exact) mass is 406 g/mol. The molecule has 4 rings (SSSR count). The smallest absolute Gasteiger partial charge is 0.222 e. The molecule has 2 heterocycles. The molecule has 30 heavy (non-hydrogen) atoms. The van der Waals surface area contributed by atoms with Crippen molar-refractivity contribution in [1.29, 1.82) is 0 Å². The molecule has 4 nitrogen and oxygen atoms in total. The number of benzene rings is 1. The first-order valence-corrected chi connectivity index (χ1v) is 11.7. The molecule has 0 N–H and O–H groups in total. The average molecular weight is 407 g/mol. The van der Waals surface area contributed by atoms with Crippen LogP contribution in [0.25, 0.3) is 0 Å². The summed E-state index contributed by atoms with van der Waals surface area (Å²) in [7, 11) is 0. The Kier molecular flexibility index (Phi) is 7.03. The normalized spacial score (nSPS) is 19.8. The van der Waals surface area contributed by atoms with Crippen LogP contribution in [-0.2, 0) is 11.2 Å². The maximum atomic E-state index is 12.7. The predicted octanol–water partition coefficient (Wildman–Crippen LogP) is 5.36. The van der Waals surface area contributed by atoms with Crippen LogP contribution in [0, 0.1) is 5.92 Å². The molecule has 1 atom stereocenters. The quantitative estimate of drug-likeness (QED) is 0.622. The minimum absolute atomic E-state index is 0.360. The van der Waals surface area contributed by atoms with Crippen molar-refractivity contribution in [2.24, 2.45) is 5.92 Å². The summed E-state index contributed by atoms with van der Waals surface area (Å²) in [4.78, 5) is 19.6. The number of nitrogens with zero attached hydrogens (tertiary/aromatic N) is 2. The van der Waals surface area contributed by atoms with Crippen LogP contribution in [-0.4, -0.2) is 35.5 Å². The Labute approximate surface area is 180 Å². The second kappa shape index (κ2) is 10.1. The highest BCUT2D eigenvalue weighted by atomic mass is 16.5. The lowest BCUT2D eigenvalue weighted by Crippen LogP contribution is -2.39. The Morgan fingerprint density at radius 3 is 2.50 bits per heavy atom. The summed E-state index contributed by atoms with van der Waals surface area (Å²) in [5.41, 5.74) is 3.60. The fourth-order valence-electron chi connectivity index (χ4n) is 4.92. The van der Waals surface area contributed by atoms with Crippen molar-refractivity contribution in [3.63, 3.8) is 0 Å². The van der Waals surface area contributed by atoms with E-state index in [2.05, 4.69) is 29.2 Å². The Morgan fingerprint density at radius 2 is 1.80 bits per heavy atom. The number of hydrogen-bond acceptors (Lipinski definition) is 3. The van der Waals surface area contributed by atoms with E-state index in [1.165, 1.54) is 36.8 Å². The Bertz CT molecular complexity index is 810. The number of rotatable bonds is 7. The van der Waals surface area contributed by atoms with Crippen LogP contribution < -0.4 is 4.74 Å². The van der Waals surface area contributed by atoms with E-state index in [-0.39, 0.29) is 0 Å². The van der Waals surface area contributed by atoms with E-state index in [4.69, 9.17) is 9.72 Å². The molecule has 1 saturated heterocycles. The molecular weight excluding hydrogens is 372 g/mol. The molecule has 1 aromatic heterocycles. The van der Waals surface area contributed by atoms with Crippen molar-refractivity contribution < 1.29 is 9.53 Å². The van der Waals surface area contributed by atoms with E-state index in [9.17, 15) is 4.79 Å². The summed E-state index contributed by atoms with van der Waals surface area (Å²) in [5.74, 6) is 2.27. The lowest BCUT2D eigenvalue weighted by molar-refractivity contribution is -0.133. The first-order valence-electron chi connectivity index (χ1n) is 11.7. The third kappa shape index (κ3) is 5.41. The Hall–Kier alpha value is -2.36. The Morgan fingerprint density at radius 1 is 1.03 bits per heavy atom. The molecule has 1 amide bonds. The molecule has 0 radical (unpaired) electrons. The predicted molar refractivity (Wildman–Crippen MR) is 120 cm³/mol. The van der Waals surface area contributed by atoms with Gasteiger partial charge < -0.3 is 9.64 Å². The van der Waals surface area contributed by atoms with Gasteiger partial charge in [0, 0.05) is 37.3 Å². The van der Waals surface area contributed by atoms with Gasteiger partial charge in [-0.25, -0.2) is 0 Å². The fraction of sp³-hybridized carbons (Fsp3) is 0.538. The van der Waals surface area contributed by atoms with Gasteiger partial charge in [0.05, 0.1) is 6.61 Å². The molecule has 2 aliphatic rings. The van der Waals surface area contributed by atoms with E-state index in [0.29, 0.717) is 24.3 Å². The van der Waals surface area contributed by atoms with Crippen LogP contribution in [0.5, 0.6) is 5.75 Å². The SMILES string of the molecule is CCOc1ccc(Cc2ccc(C3CCCN(C(=O)CC4CCCC4)C3)nc2)cc1. The number of ether oxygens (including phenoxy) is 1. The summed E-state index contributed by atoms with van der Waals surface area (Å²) in [6.07, 6.45) is 10.9. The molecular formula is C26H34N2O2. The number of amides is 1. The van der Waals surface area contributed by atoms with Crippen molar-refractivity contribution in [3.05, 3.63) is 59.4 Å². The van der Waals surface area contributed by atoms with Gasteiger partial charge in [0.1, 0.15) is 5.75 Å². The number of piperidine rings is 1. The highest BCUT2D eigenvalue weighted by molar-refractivity contribution is 5.76. The van der Waals surface area contributed by atoms with Gasteiger partial charge in [-0.15, -0.1) is 0 Å². The van der Waals surface area contributed by atoms with E-state index in [1.807, 2.05) is 25.3 Å². The van der Waals surface area contributed by atoms with E-state index >= 15 is 0 Å². The largest absolute Gasteiger partial charge is 0.494 e. The molecule has 160 valence electrons. The zero-order valence-corrected chi connectivity index (χ0v) is 18.2. The molecule has 1 aromatic carbocycles.